The summed E-state index contributed by atoms with van der Waals surface area (Å²) in [6, 6.07) is 9.73. The molecule has 0 amide bonds. The maximum Gasteiger partial charge on any atom is 0.234 e. The Hall–Kier alpha value is -2.21. The fourth-order valence-electron chi connectivity index (χ4n) is 1.39. The quantitative estimate of drug-likeness (QED) is 0.656. The summed E-state index contributed by atoms with van der Waals surface area (Å²) in [4.78, 5) is 6.25. The molecule has 1 heterocycles. The van der Waals surface area contributed by atoms with Crippen LogP contribution in [-0.2, 0) is 0 Å². The SMILES string of the molecule is [C-]#[N+]c1c(-c2ccccc2)c[nH]c1N. The highest BCUT2D eigenvalue weighted by molar-refractivity contribution is 5.85. The van der Waals surface area contributed by atoms with Gasteiger partial charge in [0.2, 0.25) is 5.69 Å². The first-order valence-corrected chi connectivity index (χ1v) is 4.22. The van der Waals surface area contributed by atoms with Gasteiger partial charge in [-0.2, -0.15) is 0 Å². The van der Waals surface area contributed by atoms with Crippen LogP contribution >= 0.6 is 0 Å². The van der Waals surface area contributed by atoms with Crippen molar-refractivity contribution in [2.75, 3.05) is 5.73 Å². The van der Waals surface area contributed by atoms with Gasteiger partial charge in [0.15, 0.2) is 0 Å². The number of rotatable bonds is 1. The van der Waals surface area contributed by atoms with Crippen LogP contribution < -0.4 is 5.73 Å². The van der Waals surface area contributed by atoms with Gasteiger partial charge in [0.1, 0.15) is 5.82 Å². The molecule has 3 heteroatoms. The van der Waals surface area contributed by atoms with Crippen LogP contribution in [0.5, 0.6) is 0 Å². The number of anilines is 1. The molecule has 0 aliphatic carbocycles. The number of aromatic nitrogens is 1. The zero-order valence-electron chi connectivity index (χ0n) is 7.49. The molecule has 2 rings (SSSR count). The Labute approximate surface area is 82.0 Å². The molecular weight excluding hydrogens is 174 g/mol. The lowest BCUT2D eigenvalue weighted by atomic mass is 10.1. The molecule has 68 valence electrons. The fourth-order valence-corrected chi connectivity index (χ4v) is 1.39. The fraction of sp³-hybridized carbons (Fsp3) is 0. The van der Waals surface area contributed by atoms with Crippen LogP contribution in [0.25, 0.3) is 16.0 Å². The summed E-state index contributed by atoms with van der Waals surface area (Å²) in [7, 11) is 0. The lowest BCUT2D eigenvalue weighted by Gasteiger charge is -1.97. The zero-order valence-corrected chi connectivity index (χ0v) is 7.49. The van der Waals surface area contributed by atoms with Crippen LogP contribution in [0.2, 0.25) is 0 Å². The summed E-state index contributed by atoms with van der Waals surface area (Å²) in [5, 5.41) is 0. The van der Waals surface area contributed by atoms with E-state index in [4.69, 9.17) is 12.3 Å². The summed E-state index contributed by atoms with van der Waals surface area (Å²) in [6.07, 6.45) is 1.76. The zero-order chi connectivity index (χ0) is 9.97. The van der Waals surface area contributed by atoms with E-state index in [0.29, 0.717) is 11.5 Å². The van der Waals surface area contributed by atoms with E-state index in [2.05, 4.69) is 9.83 Å². The van der Waals surface area contributed by atoms with Gasteiger partial charge >= 0.3 is 0 Å². The predicted molar refractivity (Wildman–Crippen MR) is 56.9 cm³/mol. The predicted octanol–water partition coefficient (Wildman–Crippen LogP) is 2.81. The van der Waals surface area contributed by atoms with Gasteiger partial charge < -0.3 is 10.7 Å². The summed E-state index contributed by atoms with van der Waals surface area (Å²) in [6.45, 7) is 7.02. The molecule has 0 aliphatic rings. The van der Waals surface area contributed by atoms with E-state index in [1.165, 1.54) is 0 Å². The molecule has 1 aromatic carbocycles. The highest BCUT2D eigenvalue weighted by Crippen LogP contribution is 2.34. The van der Waals surface area contributed by atoms with Crippen molar-refractivity contribution in [1.82, 2.24) is 4.98 Å². The van der Waals surface area contributed by atoms with Gasteiger partial charge in [-0.25, -0.2) is 4.85 Å². The topological polar surface area (TPSA) is 46.2 Å². The molecule has 0 saturated carbocycles. The monoisotopic (exact) mass is 183 g/mol. The molecule has 3 nitrogen and oxygen atoms in total. The van der Waals surface area contributed by atoms with Crippen molar-refractivity contribution in [2.45, 2.75) is 0 Å². The molecule has 3 N–H and O–H groups in total. The molecule has 0 bridgehead atoms. The second kappa shape index (κ2) is 3.27. The number of aromatic amines is 1. The van der Waals surface area contributed by atoms with Gasteiger partial charge in [-0.3, -0.25) is 0 Å². The first-order chi connectivity index (χ1) is 6.83. The second-order valence-corrected chi connectivity index (χ2v) is 2.94. The van der Waals surface area contributed by atoms with Gasteiger partial charge in [-0.15, -0.1) is 0 Å². The largest absolute Gasteiger partial charge is 0.394 e. The van der Waals surface area contributed by atoms with Crippen LogP contribution in [0.3, 0.4) is 0 Å². The molecule has 2 aromatic rings. The van der Waals surface area contributed by atoms with Crippen molar-refractivity contribution in [3.8, 4) is 11.1 Å². The van der Waals surface area contributed by atoms with Gasteiger partial charge in [0.05, 0.1) is 6.57 Å². The molecule has 0 radical (unpaired) electrons. The Kier molecular flexibility index (Phi) is 1.96. The van der Waals surface area contributed by atoms with Crippen molar-refractivity contribution in [2.24, 2.45) is 0 Å². The molecule has 1 aromatic heterocycles. The third-order valence-corrected chi connectivity index (χ3v) is 2.08. The van der Waals surface area contributed by atoms with Gasteiger partial charge in [-0.1, -0.05) is 30.3 Å². The molecule has 0 spiro atoms. The Morgan fingerprint density at radius 2 is 1.93 bits per heavy atom. The minimum absolute atomic E-state index is 0.429. The first-order valence-electron chi connectivity index (χ1n) is 4.22. The Bertz CT molecular complexity index is 477. The van der Waals surface area contributed by atoms with Crippen molar-refractivity contribution in [1.29, 1.82) is 0 Å². The summed E-state index contributed by atoms with van der Waals surface area (Å²) in [5.41, 5.74) is 7.98. The molecule has 0 fully saturated rings. The molecule has 0 saturated heterocycles. The Morgan fingerprint density at radius 1 is 1.21 bits per heavy atom. The smallest absolute Gasteiger partial charge is 0.234 e. The van der Waals surface area contributed by atoms with Gasteiger partial charge in [-0.05, 0) is 11.8 Å². The minimum atomic E-state index is 0.429. The Balaban J connectivity index is 2.59. The number of hydrogen-bond acceptors (Lipinski definition) is 1. The van der Waals surface area contributed by atoms with Crippen LogP contribution in [-0.4, -0.2) is 4.98 Å². The van der Waals surface area contributed by atoms with E-state index in [9.17, 15) is 0 Å². The summed E-state index contributed by atoms with van der Waals surface area (Å²) < 4.78 is 0. The lowest BCUT2D eigenvalue weighted by molar-refractivity contribution is 1.42. The van der Waals surface area contributed by atoms with E-state index < -0.39 is 0 Å². The third-order valence-electron chi connectivity index (χ3n) is 2.08. The number of nitrogen functional groups attached to an aromatic ring is 1. The first kappa shape index (κ1) is 8.39. The highest BCUT2D eigenvalue weighted by Gasteiger charge is 2.09. The minimum Gasteiger partial charge on any atom is -0.394 e. The maximum absolute atomic E-state index is 7.02. The standard InChI is InChI=1S/C11H9N3/c1-13-10-9(7-14-11(10)12)8-5-3-2-4-6-8/h2-7,14H,12H2. The van der Waals surface area contributed by atoms with Crippen molar-refractivity contribution < 1.29 is 0 Å². The van der Waals surface area contributed by atoms with Crippen molar-refractivity contribution in [3.63, 3.8) is 0 Å². The van der Waals surface area contributed by atoms with Crippen LogP contribution in [0, 0.1) is 6.57 Å². The van der Waals surface area contributed by atoms with E-state index in [1.54, 1.807) is 6.20 Å². The number of H-pyrrole nitrogens is 1. The van der Waals surface area contributed by atoms with Crippen molar-refractivity contribution in [3.05, 3.63) is 47.9 Å². The molecule has 0 atom stereocenters. The van der Waals surface area contributed by atoms with Gasteiger partial charge in [0.25, 0.3) is 0 Å². The van der Waals surface area contributed by atoms with E-state index in [0.717, 1.165) is 11.1 Å². The number of benzene rings is 1. The van der Waals surface area contributed by atoms with Crippen LogP contribution in [0.1, 0.15) is 0 Å². The van der Waals surface area contributed by atoms with E-state index >= 15 is 0 Å². The highest BCUT2D eigenvalue weighted by atomic mass is 14.9. The second-order valence-electron chi connectivity index (χ2n) is 2.94. The third kappa shape index (κ3) is 1.23. The van der Waals surface area contributed by atoms with Crippen LogP contribution in [0.15, 0.2) is 36.5 Å². The molecule has 0 unspecified atom stereocenters. The number of nitrogens with zero attached hydrogens (tertiary/aromatic N) is 1. The van der Waals surface area contributed by atoms with E-state index in [1.807, 2.05) is 30.3 Å². The maximum atomic E-state index is 7.02. The average Bonchev–Trinajstić information content (AvgIpc) is 2.61. The molecule has 0 aliphatic heterocycles. The van der Waals surface area contributed by atoms with Gasteiger partial charge in [0, 0.05) is 5.56 Å². The summed E-state index contributed by atoms with van der Waals surface area (Å²) >= 11 is 0. The Morgan fingerprint density at radius 3 is 2.57 bits per heavy atom. The van der Waals surface area contributed by atoms with Crippen LogP contribution in [0.4, 0.5) is 11.5 Å². The number of hydrogen-bond donors (Lipinski definition) is 2. The van der Waals surface area contributed by atoms with Crippen molar-refractivity contribution >= 4 is 11.5 Å². The normalized spacial score (nSPS) is 9.64. The van der Waals surface area contributed by atoms with E-state index in [-0.39, 0.29) is 0 Å². The molecular formula is C11H9N3. The summed E-state index contributed by atoms with van der Waals surface area (Å²) in [5.74, 6) is 0.429. The molecule has 14 heavy (non-hydrogen) atoms. The lowest BCUT2D eigenvalue weighted by Crippen LogP contribution is -1.81. The number of nitrogens with one attached hydrogen (secondary N) is 1. The number of nitrogens with two attached hydrogens (primary N) is 1. The average molecular weight is 183 g/mol.